The molecule has 1 aromatic heterocycles. The predicted octanol–water partition coefficient (Wildman–Crippen LogP) is 2.92. The van der Waals surface area contributed by atoms with Crippen molar-refractivity contribution in [1.29, 1.82) is 0 Å². The second kappa shape index (κ2) is 8.98. The molecule has 0 radical (unpaired) electrons. The van der Waals surface area contributed by atoms with Gasteiger partial charge in [0, 0.05) is 24.1 Å². The molecule has 166 valence electrons. The molecule has 0 unspecified atom stereocenters. The molecule has 7 nitrogen and oxygen atoms in total. The number of nitrogens with zero attached hydrogens (tertiary/aromatic N) is 1. The van der Waals surface area contributed by atoms with Crippen molar-refractivity contribution in [3.63, 3.8) is 0 Å². The summed E-state index contributed by atoms with van der Waals surface area (Å²) in [5.74, 6) is 0.480. The van der Waals surface area contributed by atoms with E-state index in [-0.39, 0.29) is 35.4 Å². The van der Waals surface area contributed by atoms with E-state index in [0.717, 1.165) is 37.7 Å². The Morgan fingerprint density at radius 2 is 2.00 bits per heavy atom. The Morgan fingerprint density at radius 1 is 1.23 bits per heavy atom. The molecule has 2 aromatic rings. The number of amides is 1. The van der Waals surface area contributed by atoms with Crippen molar-refractivity contribution in [2.75, 3.05) is 13.2 Å². The number of fused-ring (bicyclic) bond motifs is 1. The standard InChI is InChI=1S/C23H28N2O5S/c26-17-23-12-1-5-21(23)25(14-3-13-23)22(27)11-8-18-6-9-20(10-7-18)31(28,29)24-16-19-4-2-15-30-19/h2,4,6-11,15,21,24,26H,1,3,5,12-14,16-17H2/b11-8+/t21-,23-/m1/s1. The fourth-order valence-corrected chi connectivity index (χ4v) is 5.86. The summed E-state index contributed by atoms with van der Waals surface area (Å²) in [5, 5.41) is 9.93. The van der Waals surface area contributed by atoms with Crippen molar-refractivity contribution in [3.8, 4) is 0 Å². The number of nitrogens with one attached hydrogen (secondary N) is 1. The van der Waals surface area contributed by atoms with E-state index >= 15 is 0 Å². The van der Waals surface area contributed by atoms with E-state index in [0.29, 0.717) is 12.3 Å². The van der Waals surface area contributed by atoms with E-state index < -0.39 is 10.0 Å². The van der Waals surface area contributed by atoms with Gasteiger partial charge in [0.1, 0.15) is 5.76 Å². The van der Waals surface area contributed by atoms with E-state index in [1.807, 2.05) is 4.90 Å². The first-order valence-corrected chi connectivity index (χ1v) is 12.1. The number of carbonyl (C=O) groups is 1. The van der Waals surface area contributed by atoms with Crippen LogP contribution in [-0.2, 0) is 21.4 Å². The molecule has 1 aliphatic carbocycles. The number of likely N-dealkylation sites (tertiary alicyclic amines) is 1. The summed E-state index contributed by atoms with van der Waals surface area (Å²) in [7, 11) is -3.65. The van der Waals surface area contributed by atoms with Crippen LogP contribution in [0.15, 0.2) is 58.1 Å². The number of aliphatic hydroxyl groups excluding tert-OH is 1. The Labute approximate surface area is 182 Å². The van der Waals surface area contributed by atoms with E-state index in [1.54, 1.807) is 36.4 Å². The highest BCUT2D eigenvalue weighted by Crippen LogP contribution is 2.47. The third kappa shape index (κ3) is 4.61. The van der Waals surface area contributed by atoms with Crippen molar-refractivity contribution in [2.24, 2.45) is 5.41 Å². The maximum absolute atomic E-state index is 12.8. The van der Waals surface area contributed by atoms with Crippen molar-refractivity contribution in [3.05, 3.63) is 60.1 Å². The summed E-state index contributed by atoms with van der Waals surface area (Å²) in [6.07, 6.45) is 9.60. The van der Waals surface area contributed by atoms with Gasteiger partial charge in [-0.2, -0.15) is 0 Å². The van der Waals surface area contributed by atoms with Gasteiger partial charge in [-0.25, -0.2) is 13.1 Å². The number of aliphatic hydroxyl groups is 1. The van der Waals surface area contributed by atoms with Crippen molar-refractivity contribution >= 4 is 22.0 Å². The number of benzene rings is 1. The lowest BCUT2D eigenvalue weighted by Gasteiger charge is -2.45. The zero-order chi connectivity index (χ0) is 21.9. The molecule has 0 bridgehead atoms. The van der Waals surface area contributed by atoms with E-state index in [4.69, 9.17) is 4.42 Å². The zero-order valence-electron chi connectivity index (χ0n) is 17.4. The van der Waals surface area contributed by atoms with Crippen LogP contribution in [-0.4, -0.2) is 43.5 Å². The molecule has 1 saturated heterocycles. The normalized spacial score (nSPS) is 23.9. The molecule has 2 heterocycles. The second-order valence-corrected chi connectivity index (χ2v) is 10.1. The highest BCUT2D eigenvalue weighted by Gasteiger charge is 2.48. The van der Waals surface area contributed by atoms with Gasteiger partial charge in [0.05, 0.1) is 24.3 Å². The number of rotatable bonds is 7. The molecule has 2 atom stereocenters. The van der Waals surface area contributed by atoms with Gasteiger partial charge in [-0.15, -0.1) is 0 Å². The summed E-state index contributed by atoms with van der Waals surface area (Å²) in [6, 6.07) is 9.89. The number of furan rings is 1. The predicted molar refractivity (Wildman–Crippen MR) is 116 cm³/mol. The summed E-state index contributed by atoms with van der Waals surface area (Å²) >= 11 is 0. The fourth-order valence-electron chi connectivity index (χ4n) is 4.87. The molecule has 2 fully saturated rings. The topological polar surface area (TPSA) is 99.8 Å². The maximum Gasteiger partial charge on any atom is 0.246 e. The molecule has 2 N–H and O–H groups in total. The number of piperidine rings is 1. The lowest BCUT2D eigenvalue weighted by Crippen LogP contribution is -2.52. The van der Waals surface area contributed by atoms with Gasteiger partial charge in [0.15, 0.2) is 0 Å². The van der Waals surface area contributed by atoms with E-state index in [2.05, 4.69) is 4.72 Å². The fraction of sp³-hybridized carbons (Fsp3) is 0.435. The van der Waals surface area contributed by atoms with Gasteiger partial charge in [0.25, 0.3) is 0 Å². The number of hydrogen-bond acceptors (Lipinski definition) is 5. The molecule has 1 amide bonds. The van der Waals surface area contributed by atoms with Gasteiger partial charge >= 0.3 is 0 Å². The lowest BCUT2D eigenvalue weighted by atomic mass is 9.75. The molecular weight excluding hydrogens is 416 g/mol. The minimum Gasteiger partial charge on any atom is -0.468 e. The van der Waals surface area contributed by atoms with E-state index in [9.17, 15) is 18.3 Å². The monoisotopic (exact) mass is 444 g/mol. The number of sulfonamides is 1. The van der Waals surface area contributed by atoms with Crippen molar-refractivity contribution in [1.82, 2.24) is 9.62 Å². The van der Waals surface area contributed by atoms with Crippen molar-refractivity contribution < 1.29 is 22.7 Å². The second-order valence-electron chi connectivity index (χ2n) is 8.37. The van der Waals surface area contributed by atoms with Crippen LogP contribution in [0.1, 0.15) is 43.4 Å². The highest BCUT2D eigenvalue weighted by molar-refractivity contribution is 7.89. The Morgan fingerprint density at radius 3 is 2.71 bits per heavy atom. The maximum atomic E-state index is 12.8. The van der Waals surface area contributed by atoms with Crippen LogP contribution in [0.2, 0.25) is 0 Å². The van der Waals surface area contributed by atoms with Gasteiger partial charge in [-0.1, -0.05) is 18.6 Å². The highest BCUT2D eigenvalue weighted by atomic mass is 32.2. The van der Waals surface area contributed by atoms with Crippen molar-refractivity contribution in [2.45, 2.75) is 49.6 Å². The SMILES string of the molecule is O=C(/C=C/c1ccc(S(=O)(=O)NCc2ccco2)cc1)N1CCC[C@@]2(CO)CCC[C@@H]12. The van der Waals surface area contributed by atoms with Gasteiger partial charge in [-0.3, -0.25) is 4.79 Å². The minimum atomic E-state index is -3.65. The molecule has 2 aliphatic rings. The van der Waals surface area contributed by atoms with Gasteiger partial charge < -0.3 is 14.4 Å². The molecule has 0 spiro atoms. The molecular formula is C23H28N2O5S. The smallest absolute Gasteiger partial charge is 0.246 e. The summed E-state index contributed by atoms with van der Waals surface area (Å²) in [5.41, 5.74) is 0.607. The first-order chi connectivity index (χ1) is 14.9. The van der Waals surface area contributed by atoms with Crippen LogP contribution < -0.4 is 4.72 Å². The Hall–Kier alpha value is -2.42. The molecule has 8 heteroatoms. The molecule has 1 aliphatic heterocycles. The average molecular weight is 445 g/mol. The van der Waals surface area contributed by atoms with Crippen LogP contribution in [0.5, 0.6) is 0 Å². The average Bonchev–Trinajstić information content (AvgIpc) is 3.46. The first kappa shape index (κ1) is 21.8. The van der Waals surface area contributed by atoms with Crippen LogP contribution in [0, 0.1) is 5.41 Å². The molecule has 4 rings (SSSR count). The molecule has 1 aromatic carbocycles. The molecule has 31 heavy (non-hydrogen) atoms. The quantitative estimate of drug-likeness (QED) is 0.640. The summed E-state index contributed by atoms with van der Waals surface area (Å²) in [6.45, 7) is 0.932. The Balaban J connectivity index is 1.40. The van der Waals surface area contributed by atoms with Gasteiger partial charge in [-0.05, 0) is 61.6 Å². The lowest BCUT2D eigenvalue weighted by molar-refractivity contribution is -0.134. The summed E-state index contributed by atoms with van der Waals surface area (Å²) in [4.78, 5) is 14.9. The summed E-state index contributed by atoms with van der Waals surface area (Å²) < 4.78 is 32.5. The largest absolute Gasteiger partial charge is 0.468 e. The van der Waals surface area contributed by atoms with Crippen LogP contribution >= 0.6 is 0 Å². The van der Waals surface area contributed by atoms with Gasteiger partial charge in [0.2, 0.25) is 15.9 Å². The Kier molecular flexibility index (Phi) is 6.31. The van der Waals surface area contributed by atoms with Crippen LogP contribution in [0.4, 0.5) is 0 Å². The number of hydrogen-bond donors (Lipinski definition) is 2. The Bertz CT molecular complexity index is 1030. The van der Waals surface area contributed by atoms with Crippen LogP contribution in [0.3, 0.4) is 0 Å². The minimum absolute atomic E-state index is 0.0544. The number of carbonyl (C=O) groups excluding carboxylic acids is 1. The third-order valence-electron chi connectivity index (χ3n) is 6.53. The van der Waals surface area contributed by atoms with E-state index in [1.165, 1.54) is 18.4 Å². The molecule has 1 saturated carbocycles. The third-order valence-corrected chi connectivity index (χ3v) is 7.95. The van der Waals surface area contributed by atoms with Crippen LogP contribution in [0.25, 0.3) is 6.08 Å². The zero-order valence-corrected chi connectivity index (χ0v) is 18.2. The first-order valence-electron chi connectivity index (χ1n) is 10.7.